The van der Waals surface area contributed by atoms with E-state index < -0.39 is 68.0 Å². The van der Waals surface area contributed by atoms with E-state index in [4.69, 9.17) is 24.3 Å². The molecule has 5 N–H and O–H groups in total. The van der Waals surface area contributed by atoms with Gasteiger partial charge in [0.05, 0.1) is 11.6 Å². The fourth-order valence-electron chi connectivity index (χ4n) is 5.79. The number of anilines is 1. The van der Waals surface area contributed by atoms with Gasteiger partial charge >= 0.3 is 19.9 Å². The van der Waals surface area contributed by atoms with Crippen molar-refractivity contribution in [1.29, 1.82) is 0 Å². The summed E-state index contributed by atoms with van der Waals surface area (Å²) in [6.07, 6.45) is -9.04. The first-order chi connectivity index (χ1) is 20.8. The number of hydrogen-bond donors (Lipinski definition) is 4. The van der Waals surface area contributed by atoms with E-state index in [-0.39, 0.29) is 37.3 Å². The van der Waals surface area contributed by atoms with Gasteiger partial charge < -0.3 is 29.9 Å². The normalized spacial score (nSPS) is 32.0. The van der Waals surface area contributed by atoms with Crippen molar-refractivity contribution in [3.05, 3.63) is 54.5 Å². The maximum Gasteiger partial charge on any atom is 0.459 e. The number of carbonyl (C=O) groups excluding carboxylic acids is 1. The molecule has 6 rings (SSSR count). The Balaban J connectivity index is 1.14. The SMILES string of the molecule is C[C@@H](N[P@@](=O)(Oc1ccccc1)OC1[C@H]2O[C@@H](c3ccc4c(N)ncnn34)[C@H](O)[C@@]12O)C(=O)O[C@H]1CC[C@H](C(F)(F)F)CC1. The number of ether oxygens (including phenoxy) is 2. The zero-order valence-corrected chi connectivity index (χ0v) is 24.2. The third-order valence-electron chi connectivity index (χ3n) is 8.28. The fraction of sp³-hybridized carbons (Fsp3) is 0.519. The molecule has 2 aliphatic carbocycles. The smallest absolute Gasteiger partial charge is 0.459 e. The first-order valence-corrected chi connectivity index (χ1v) is 15.6. The zero-order chi connectivity index (χ0) is 31.4. The number of nitrogens with zero attached hydrogens (tertiary/aromatic N) is 3. The number of hydrogen-bond acceptors (Lipinski definition) is 11. The van der Waals surface area contributed by atoms with Crippen LogP contribution in [-0.2, 0) is 23.4 Å². The molecular formula is C27H31F3N5O8P. The maximum atomic E-state index is 14.0. The van der Waals surface area contributed by atoms with Crippen molar-refractivity contribution in [2.45, 2.75) is 80.9 Å². The van der Waals surface area contributed by atoms with E-state index in [1.165, 1.54) is 29.9 Å². The van der Waals surface area contributed by atoms with Crippen molar-refractivity contribution in [3.63, 3.8) is 0 Å². The number of para-hydroxylation sites is 1. The van der Waals surface area contributed by atoms with Crippen LogP contribution in [0, 0.1) is 5.92 Å². The van der Waals surface area contributed by atoms with Gasteiger partial charge in [0, 0.05) is 0 Å². The molecule has 3 aromatic rings. The number of rotatable bonds is 9. The van der Waals surface area contributed by atoms with E-state index in [1.54, 1.807) is 30.3 Å². The predicted octanol–water partition coefficient (Wildman–Crippen LogP) is 3.07. The molecular weight excluding hydrogens is 610 g/mol. The van der Waals surface area contributed by atoms with Crippen molar-refractivity contribution >= 4 is 25.1 Å². The largest absolute Gasteiger partial charge is 0.461 e. The summed E-state index contributed by atoms with van der Waals surface area (Å²) in [5, 5.41) is 29.0. The molecule has 2 aromatic heterocycles. The summed E-state index contributed by atoms with van der Waals surface area (Å²) in [5.74, 6) is -1.99. The lowest BCUT2D eigenvalue weighted by Crippen LogP contribution is -2.40. The number of halogens is 3. The lowest BCUT2D eigenvalue weighted by molar-refractivity contribution is -0.188. The molecule has 3 fully saturated rings. The Hall–Kier alpha value is -3.27. The molecule has 1 unspecified atom stereocenters. The van der Waals surface area contributed by atoms with Gasteiger partial charge in [-0.25, -0.2) is 14.1 Å². The fourth-order valence-corrected chi connectivity index (χ4v) is 7.51. The zero-order valence-electron chi connectivity index (χ0n) is 23.3. The van der Waals surface area contributed by atoms with Crippen LogP contribution in [0.15, 0.2) is 48.8 Å². The number of aliphatic hydroxyl groups is 2. The van der Waals surface area contributed by atoms with Crippen molar-refractivity contribution in [2.24, 2.45) is 5.92 Å². The van der Waals surface area contributed by atoms with Crippen LogP contribution in [0.4, 0.5) is 19.0 Å². The van der Waals surface area contributed by atoms with Gasteiger partial charge in [-0.15, -0.1) is 0 Å². The number of nitrogen functional groups attached to an aromatic ring is 1. The molecule has 3 heterocycles. The van der Waals surface area contributed by atoms with Crippen LogP contribution >= 0.6 is 7.75 Å². The summed E-state index contributed by atoms with van der Waals surface area (Å²) in [6, 6.07) is 9.89. The van der Waals surface area contributed by atoms with Crippen LogP contribution in [0.2, 0.25) is 0 Å². The summed E-state index contributed by atoms with van der Waals surface area (Å²) in [4.78, 5) is 16.8. The Bertz CT molecular complexity index is 1570. The minimum atomic E-state index is -4.47. The van der Waals surface area contributed by atoms with E-state index in [0.29, 0.717) is 11.2 Å². The Morgan fingerprint density at radius 1 is 1.20 bits per heavy atom. The third kappa shape index (κ3) is 5.66. The van der Waals surface area contributed by atoms with Gasteiger partial charge in [-0.2, -0.15) is 23.4 Å². The molecule has 0 bridgehead atoms. The van der Waals surface area contributed by atoms with Gasteiger partial charge in [0.2, 0.25) is 0 Å². The Kier molecular flexibility index (Phi) is 7.87. The second-order valence-corrected chi connectivity index (χ2v) is 12.9. The first kappa shape index (κ1) is 30.7. The van der Waals surface area contributed by atoms with Gasteiger partial charge in [-0.1, -0.05) is 18.2 Å². The quantitative estimate of drug-likeness (QED) is 0.199. The summed E-state index contributed by atoms with van der Waals surface area (Å²) in [6.45, 7) is 1.34. The molecule has 13 nitrogen and oxygen atoms in total. The lowest BCUT2D eigenvalue weighted by Gasteiger charge is -2.30. The highest BCUT2D eigenvalue weighted by Gasteiger charge is 2.79. The Morgan fingerprint density at radius 2 is 1.91 bits per heavy atom. The minimum absolute atomic E-state index is 0.0417. The standard InChI is InChI=1S/C27H31F3N5O8P/c1-14(25(37)40-16-9-7-15(8-10-16)27(28,29)30)34-44(39,42-17-5-3-2-4-6-17)43-23-22-26(23,38)21(36)20(41-22)18-11-12-19-24(31)32-13-33-35(18)19/h2-6,11-16,20-23,36,38H,7-10H2,1H3,(H,34,39)(H2,31,32,33)/t14-,15-,16-,20+,21+,22-,23?,26+,44-/m1/s1. The Labute approximate surface area is 249 Å². The average molecular weight is 642 g/mol. The summed E-state index contributed by atoms with van der Waals surface area (Å²) >= 11 is 0. The van der Waals surface area contributed by atoms with E-state index in [0.717, 1.165) is 0 Å². The van der Waals surface area contributed by atoms with Gasteiger partial charge in [-0.05, 0) is 56.9 Å². The van der Waals surface area contributed by atoms with Crippen LogP contribution in [0.25, 0.3) is 5.52 Å². The number of carbonyl (C=O) groups is 1. The molecule has 1 saturated heterocycles. The van der Waals surface area contributed by atoms with Crippen molar-refractivity contribution in [3.8, 4) is 5.75 Å². The van der Waals surface area contributed by atoms with Crippen molar-refractivity contribution < 1.29 is 51.3 Å². The number of alkyl halides is 3. The molecule has 1 aliphatic heterocycles. The highest BCUT2D eigenvalue weighted by Crippen LogP contribution is 2.61. The first-order valence-electron chi connectivity index (χ1n) is 14.0. The number of aromatic nitrogens is 3. The summed E-state index contributed by atoms with van der Waals surface area (Å²) < 4.78 is 77.2. The summed E-state index contributed by atoms with van der Waals surface area (Å²) in [5.41, 5.74) is 4.77. The second-order valence-electron chi connectivity index (χ2n) is 11.2. The molecule has 0 amide bonds. The number of esters is 1. The second kappa shape index (κ2) is 11.3. The minimum Gasteiger partial charge on any atom is -0.461 e. The van der Waals surface area contributed by atoms with E-state index in [9.17, 15) is 32.7 Å². The molecule has 0 spiro atoms. The molecule has 44 heavy (non-hydrogen) atoms. The van der Waals surface area contributed by atoms with E-state index >= 15 is 0 Å². The average Bonchev–Trinajstić information content (AvgIpc) is 3.23. The molecule has 3 aliphatic rings. The highest BCUT2D eigenvalue weighted by atomic mass is 31.2. The molecule has 0 radical (unpaired) electrons. The van der Waals surface area contributed by atoms with Gasteiger partial charge in [0.1, 0.15) is 54.2 Å². The van der Waals surface area contributed by atoms with Crippen molar-refractivity contribution in [2.75, 3.05) is 5.73 Å². The van der Waals surface area contributed by atoms with Crippen LogP contribution in [-0.4, -0.2) is 73.0 Å². The van der Waals surface area contributed by atoms with Gasteiger partial charge in [0.15, 0.2) is 11.4 Å². The predicted molar refractivity (Wildman–Crippen MR) is 146 cm³/mol. The van der Waals surface area contributed by atoms with Crippen LogP contribution in [0.1, 0.15) is 44.4 Å². The topological polar surface area (TPSA) is 180 Å². The van der Waals surface area contributed by atoms with Crippen LogP contribution in [0.3, 0.4) is 0 Å². The number of nitrogens with one attached hydrogen (secondary N) is 1. The third-order valence-corrected chi connectivity index (χ3v) is 9.94. The van der Waals surface area contributed by atoms with Gasteiger partial charge in [-0.3, -0.25) is 9.32 Å². The van der Waals surface area contributed by atoms with Crippen LogP contribution < -0.4 is 15.3 Å². The molecule has 1 aromatic carbocycles. The molecule has 238 valence electrons. The number of nitrogens with two attached hydrogens (primary N) is 1. The Morgan fingerprint density at radius 3 is 2.55 bits per heavy atom. The van der Waals surface area contributed by atoms with Crippen molar-refractivity contribution in [1.82, 2.24) is 19.7 Å². The molecule has 7 atom stereocenters. The summed E-state index contributed by atoms with van der Waals surface area (Å²) in [7, 11) is -4.47. The lowest BCUT2D eigenvalue weighted by atomic mass is 9.87. The number of benzene rings is 1. The van der Waals surface area contributed by atoms with Gasteiger partial charge in [0.25, 0.3) is 0 Å². The van der Waals surface area contributed by atoms with E-state index in [2.05, 4.69) is 15.2 Å². The molecule has 17 heteroatoms. The maximum absolute atomic E-state index is 14.0. The highest BCUT2D eigenvalue weighted by molar-refractivity contribution is 7.52. The number of fused-ring (bicyclic) bond motifs is 2. The monoisotopic (exact) mass is 641 g/mol. The van der Waals surface area contributed by atoms with E-state index in [1.807, 2.05) is 0 Å². The molecule has 2 saturated carbocycles. The van der Waals surface area contributed by atoms with Crippen LogP contribution in [0.5, 0.6) is 5.75 Å². The number of aliphatic hydroxyl groups excluding tert-OH is 1.